The lowest BCUT2D eigenvalue weighted by molar-refractivity contribution is -0.275. The molecule has 0 fully saturated rings. The molecule has 5 nitrogen and oxygen atoms in total. The molecule has 0 radical (unpaired) electrons. The number of ether oxygens (including phenoxy) is 3. The van der Waals surface area contributed by atoms with E-state index in [1.165, 1.54) is 42.3 Å². The molecule has 1 aliphatic heterocycles. The Labute approximate surface area is 163 Å². The Hall–Kier alpha value is -2.87. The number of alkyl halides is 3. The summed E-state index contributed by atoms with van der Waals surface area (Å²) < 4.78 is 52.0. The number of para-hydroxylation sites is 1. The van der Waals surface area contributed by atoms with Crippen LogP contribution in [0, 0.1) is 0 Å². The van der Waals surface area contributed by atoms with E-state index in [1.807, 2.05) is 0 Å². The van der Waals surface area contributed by atoms with Crippen molar-refractivity contribution in [2.45, 2.75) is 12.9 Å². The van der Waals surface area contributed by atoms with Crippen LogP contribution in [0.15, 0.2) is 42.5 Å². The Morgan fingerprint density at radius 3 is 2.79 bits per heavy atom. The van der Waals surface area contributed by atoms with Crippen LogP contribution in [0.25, 0.3) is 6.08 Å². The lowest BCUT2D eigenvalue weighted by Crippen LogP contribution is -2.25. The van der Waals surface area contributed by atoms with Crippen molar-refractivity contribution in [3.63, 3.8) is 0 Å². The van der Waals surface area contributed by atoms with Crippen LogP contribution in [-0.4, -0.2) is 31.0 Å². The number of hydrogen-bond acceptors (Lipinski definition) is 4. The molecule has 28 heavy (non-hydrogen) atoms. The summed E-state index contributed by atoms with van der Waals surface area (Å²) in [5, 5.41) is 0.355. The fourth-order valence-corrected chi connectivity index (χ4v) is 2.84. The summed E-state index contributed by atoms with van der Waals surface area (Å²) in [5.74, 6) is 0.173. The van der Waals surface area contributed by atoms with Gasteiger partial charge in [0.2, 0.25) is 12.7 Å². The van der Waals surface area contributed by atoms with Crippen LogP contribution in [0.5, 0.6) is 17.2 Å². The Bertz CT molecular complexity index is 915. The fraction of sp³-hybridized carbons (Fsp3) is 0.211. The Kier molecular flexibility index (Phi) is 5.69. The minimum Gasteiger partial charge on any atom is -0.454 e. The number of amides is 1. The number of halogens is 4. The predicted molar refractivity (Wildman–Crippen MR) is 96.2 cm³/mol. The highest BCUT2D eigenvalue weighted by molar-refractivity contribution is 6.32. The summed E-state index contributed by atoms with van der Waals surface area (Å²) in [4.78, 5) is 13.6. The number of carbonyl (C=O) groups is 1. The normalized spacial score (nSPS) is 13.0. The number of nitrogens with zero attached hydrogens (tertiary/aromatic N) is 1. The van der Waals surface area contributed by atoms with E-state index < -0.39 is 12.3 Å². The van der Waals surface area contributed by atoms with E-state index in [0.717, 1.165) is 0 Å². The number of hydrogen-bond donors (Lipinski definition) is 0. The van der Waals surface area contributed by atoms with Crippen LogP contribution >= 0.6 is 11.6 Å². The van der Waals surface area contributed by atoms with Crippen LogP contribution in [0.2, 0.25) is 5.02 Å². The molecule has 1 aliphatic rings. The van der Waals surface area contributed by atoms with Gasteiger partial charge in [-0.25, -0.2) is 0 Å². The van der Waals surface area contributed by atoms with Crippen LogP contribution in [-0.2, 0) is 11.3 Å². The molecule has 0 N–H and O–H groups in total. The van der Waals surface area contributed by atoms with Gasteiger partial charge in [-0.05, 0) is 29.8 Å². The first-order chi connectivity index (χ1) is 13.2. The number of benzene rings is 2. The maximum atomic E-state index is 12.5. The topological polar surface area (TPSA) is 48.0 Å². The van der Waals surface area contributed by atoms with E-state index in [4.69, 9.17) is 21.1 Å². The SMILES string of the molecule is CN(Cc1ccccc1OC(F)(F)F)C(=O)/C=C/c1cc(Cl)c2c(c1)OCO2. The molecule has 2 aromatic rings. The molecule has 9 heteroatoms. The Balaban J connectivity index is 1.69. The van der Waals surface area contributed by atoms with E-state index in [1.54, 1.807) is 18.2 Å². The van der Waals surface area contributed by atoms with Gasteiger partial charge in [-0.1, -0.05) is 29.8 Å². The molecule has 0 unspecified atom stereocenters. The standard InChI is InChI=1S/C19H15ClF3NO4/c1-24(10-13-4-2-3-5-15(13)28-19(21,22)23)17(25)7-6-12-8-14(20)18-16(9-12)26-11-27-18/h2-9H,10-11H2,1H3/b7-6+. The maximum absolute atomic E-state index is 12.5. The average Bonchev–Trinajstić information content (AvgIpc) is 3.09. The van der Waals surface area contributed by atoms with Crippen molar-refractivity contribution in [2.75, 3.05) is 13.8 Å². The van der Waals surface area contributed by atoms with E-state index in [0.29, 0.717) is 22.1 Å². The Morgan fingerprint density at radius 2 is 2.04 bits per heavy atom. The lowest BCUT2D eigenvalue weighted by Gasteiger charge is -2.18. The smallest absolute Gasteiger partial charge is 0.454 e. The van der Waals surface area contributed by atoms with Gasteiger partial charge in [-0.15, -0.1) is 13.2 Å². The number of likely N-dealkylation sites (N-methyl/N-ethyl adjacent to an activating group) is 1. The number of carbonyl (C=O) groups excluding carboxylic acids is 1. The zero-order valence-electron chi connectivity index (χ0n) is 14.6. The van der Waals surface area contributed by atoms with Crippen LogP contribution in [0.4, 0.5) is 13.2 Å². The molecule has 0 bridgehead atoms. The monoisotopic (exact) mass is 413 g/mol. The molecule has 0 spiro atoms. The van der Waals surface area contributed by atoms with Gasteiger partial charge in [-0.2, -0.15) is 0 Å². The molecule has 0 saturated carbocycles. The quantitative estimate of drug-likeness (QED) is 0.670. The molecule has 1 heterocycles. The zero-order chi connectivity index (χ0) is 20.3. The second-order valence-electron chi connectivity index (χ2n) is 5.92. The first kappa shape index (κ1) is 19.9. The van der Waals surface area contributed by atoms with E-state index >= 15 is 0 Å². The van der Waals surface area contributed by atoms with Gasteiger partial charge in [-0.3, -0.25) is 4.79 Å². The molecule has 0 aromatic heterocycles. The maximum Gasteiger partial charge on any atom is 0.573 e. The lowest BCUT2D eigenvalue weighted by atomic mass is 10.1. The molecular formula is C19H15ClF3NO4. The highest BCUT2D eigenvalue weighted by atomic mass is 35.5. The fourth-order valence-electron chi connectivity index (χ4n) is 2.57. The molecule has 0 aliphatic carbocycles. The molecule has 1 amide bonds. The molecule has 148 valence electrons. The minimum absolute atomic E-state index is 0.0582. The highest BCUT2D eigenvalue weighted by Gasteiger charge is 2.32. The van der Waals surface area contributed by atoms with Crippen LogP contribution in [0.1, 0.15) is 11.1 Å². The van der Waals surface area contributed by atoms with Gasteiger partial charge < -0.3 is 19.1 Å². The van der Waals surface area contributed by atoms with Crippen molar-refractivity contribution < 1.29 is 32.2 Å². The summed E-state index contributed by atoms with van der Waals surface area (Å²) in [5.41, 5.74) is 0.854. The second kappa shape index (κ2) is 8.02. The van der Waals surface area contributed by atoms with Crippen LogP contribution in [0.3, 0.4) is 0 Å². The Morgan fingerprint density at radius 1 is 1.29 bits per heavy atom. The van der Waals surface area contributed by atoms with Crippen molar-refractivity contribution >= 4 is 23.6 Å². The van der Waals surface area contributed by atoms with Crippen LogP contribution < -0.4 is 14.2 Å². The van der Waals surface area contributed by atoms with Crippen molar-refractivity contribution in [3.8, 4) is 17.2 Å². The van der Waals surface area contributed by atoms with Crippen molar-refractivity contribution in [1.29, 1.82) is 0 Å². The molecule has 3 rings (SSSR count). The van der Waals surface area contributed by atoms with Crippen molar-refractivity contribution in [2.24, 2.45) is 0 Å². The zero-order valence-corrected chi connectivity index (χ0v) is 15.4. The van der Waals surface area contributed by atoms with E-state index in [2.05, 4.69) is 4.74 Å². The molecule has 2 aromatic carbocycles. The third-order valence-electron chi connectivity index (χ3n) is 3.85. The van der Waals surface area contributed by atoms with Gasteiger partial charge in [0.25, 0.3) is 0 Å². The van der Waals surface area contributed by atoms with E-state index in [9.17, 15) is 18.0 Å². The summed E-state index contributed by atoms with van der Waals surface area (Å²) >= 11 is 6.09. The second-order valence-corrected chi connectivity index (χ2v) is 6.33. The third kappa shape index (κ3) is 4.89. The van der Waals surface area contributed by atoms with Gasteiger partial charge in [0.05, 0.1) is 5.02 Å². The summed E-state index contributed by atoms with van der Waals surface area (Å²) in [6.07, 6.45) is -1.98. The molecule has 0 saturated heterocycles. The van der Waals surface area contributed by atoms with Gasteiger partial charge in [0.1, 0.15) is 5.75 Å². The first-order valence-electron chi connectivity index (χ1n) is 8.09. The third-order valence-corrected chi connectivity index (χ3v) is 4.13. The number of fused-ring (bicyclic) bond motifs is 1. The first-order valence-corrected chi connectivity index (χ1v) is 8.47. The van der Waals surface area contributed by atoms with Gasteiger partial charge >= 0.3 is 6.36 Å². The van der Waals surface area contributed by atoms with Crippen molar-refractivity contribution in [1.82, 2.24) is 4.90 Å². The molecular weight excluding hydrogens is 399 g/mol. The minimum atomic E-state index is -4.81. The summed E-state index contributed by atoms with van der Waals surface area (Å²) in [7, 11) is 1.48. The summed E-state index contributed by atoms with van der Waals surface area (Å²) in [6, 6.07) is 8.95. The van der Waals surface area contributed by atoms with Gasteiger partial charge in [0, 0.05) is 25.2 Å². The van der Waals surface area contributed by atoms with Crippen molar-refractivity contribution in [3.05, 3.63) is 58.6 Å². The summed E-state index contributed by atoms with van der Waals surface area (Å²) in [6.45, 7) is 0.0145. The average molecular weight is 414 g/mol. The van der Waals surface area contributed by atoms with E-state index in [-0.39, 0.29) is 24.7 Å². The largest absolute Gasteiger partial charge is 0.573 e. The number of rotatable bonds is 5. The molecule has 0 atom stereocenters. The highest BCUT2D eigenvalue weighted by Crippen LogP contribution is 2.40. The predicted octanol–water partition coefficient (Wildman–Crippen LogP) is 4.64. The van der Waals surface area contributed by atoms with Gasteiger partial charge in [0.15, 0.2) is 11.5 Å².